The topological polar surface area (TPSA) is 40.5 Å². The van der Waals surface area contributed by atoms with Crippen molar-refractivity contribution < 1.29 is 9.90 Å². The van der Waals surface area contributed by atoms with Gasteiger partial charge in [-0.2, -0.15) is 0 Å². The lowest BCUT2D eigenvalue weighted by Gasteiger charge is -2.24. The van der Waals surface area contributed by atoms with E-state index in [0.717, 1.165) is 12.0 Å². The Bertz CT molecular complexity index is 384. The van der Waals surface area contributed by atoms with Crippen molar-refractivity contribution in [3.8, 4) is 0 Å². The smallest absolute Gasteiger partial charge is 0.328 e. The van der Waals surface area contributed by atoms with Crippen LogP contribution in [0.15, 0.2) is 29.2 Å². The van der Waals surface area contributed by atoms with Gasteiger partial charge in [0.2, 0.25) is 0 Å². The lowest BCUT2D eigenvalue weighted by atomic mass is 10.1. The molecule has 0 aliphatic rings. The van der Waals surface area contributed by atoms with Crippen LogP contribution in [-0.4, -0.2) is 35.6 Å². The number of carbonyl (C=O) groups is 1. The quantitative estimate of drug-likeness (QED) is 0.792. The van der Waals surface area contributed by atoms with Gasteiger partial charge in [0.15, 0.2) is 0 Å². The van der Waals surface area contributed by atoms with Gasteiger partial charge in [0.05, 0.1) is 0 Å². The van der Waals surface area contributed by atoms with E-state index in [2.05, 4.69) is 29.3 Å². The van der Waals surface area contributed by atoms with Crippen LogP contribution in [0.4, 0.5) is 0 Å². The minimum atomic E-state index is -0.873. The first kappa shape index (κ1) is 13.9. The van der Waals surface area contributed by atoms with Gasteiger partial charge in [-0.3, -0.25) is 4.90 Å². The average Bonchev–Trinajstić information content (AvgIpc) is 2.68. The Morgan fingerprint density at radius 2 is 2.35 bits per heavy atom. The van der Waals surface area contributed by atoms with Crippen LogP contribution >= 0.6 is 11.3 Å². The number of nitrogens with zero attached hydrogens (tertiary/aromatic N) is 1. The Morgan fingerprint density at radius 3 is 2.88 bits per heavy atom. The maximum Gasteiger partial charge on any atom is 0.328 e. The number of likely N-dealkylation sites (N-methyl/N-ethyl adjacent to an activating group) is 1. The van der Waals surface area contributed by atoms with E-state index in [1.807, 2.05) is 14.0 Å². The fourth-order valence-electron chi connectivity index (χ4n) is 1.68. The maximum atomic E-state index is 10.5. The summed E-state index contributed by atoms with van der Waals surface area (Å²) in [5, 5.41) is 10.7. The summed E-state index contributed by atoms with van der Waals surface area (Å²) in [6.07, 6.45) is 2.28. The molecule has 4 heteroatoms. The molecule has 17 heavy (non-hydrogen) atoms. The zero-order chi connectivity index (χ0) is 12.8. The maximum absolute atomic E-state index is 10.5. The van der Waals surface area contributed by atoms with Gasteiger partial charge in [0.1, 0.15) is 0 Å². The first-order valence-corrected chi connectivity index (χ1v) is 6.49. The minimum Gasteiger partial charge on any atom is -0.478 e. The summed E-state index contributed by atoms with van der Waals surface area (Å²) < 4.78 is 0. The van der Waals surface area contributed by atoms with Crippen molar-refractivity contribution in [2.75, 3.05) is 13.6 Å². The summed E-state index contributed by atoms with van der Waals surface area (Å²) in [5.41, 5.74) is 0.873. The summed E-state index contributed by atoms with van der Waals surface area (Å²) in [6, 6.07) is 4.60. The van der Waals surface area contributed by atoms with E-state index in [-0.39, 0.29) is 0 Å². The second-order valence-electron chi connectivity index (χ2n) is 4.38. The highest BCUT2D eigenvalue weighted by atomic mass is 32.1. The van der Waals surface area contributed by atoms with Crippen LogP contribution in [0.1, 0.15) is 18.7 Å². The number of carboxylic acid groups (broad SMARTS) is 1. The molecule has 0 bridgehead atoms. The fraction of sp³-hybridized carbons (Fsp3) is 0.462. The normalized spacial score (nSPS) is 14.0. The van der Waals surface area contributed by atoms with Crippen molar-refractivity contribution in [1.29, 1.82) is 0 Å². The summed E-state index contributed by atoms with van der Waals surface area (Å²) in [6.45, 7) is 4.70. The lowest BCUT2D eigenvalue weighted by Crippen LogP contribution is -2.32. The predicted octanol–water partition coefficient (Wildman–Crippen LogP) is 2.64. The number of aliphatic carboxylic acids is 1. The van der Waals surface area contributed by atoms with E-state index in [9.17, 15) is 4.79 Å². The molecule has 0 spiro atoms. The van der Waals surface area contributed by atoms with Gasteiger partial charge in [-0.25, -0.2) is 4.79 Å². The SMILES string of the molecule is CC(=CC(=O)O)CN(C)C(C)Cc1cccs1. The first-order valence-electron chi connectivity index (χ1n) is 5.61. The lowest BCUT2D eigenvalue weighted by molar-refractivity contribution is -0.131. The summed E-state index contributed by atoms with van der Waals surface area (Å²) >= 11 is 1.76. The van der Waals surface area contributed by atoms with Crippen molar-refractivity contribution in [2.24, 2.45) is 0 Å². The molecule has 1 aromatic rings. The van der Waals surface area contributed by atoms with E-state index in [1.54, 1.807) is 11.3 Å². The van der Waals surface area contributed by atoms with Crippen molar-refractivity contribution >= 4 is 17.3 Å². The number of hydrogen-bond acceptors (Lipinski definition) is 3. The van der Waals surface area contributed by atoms with Crippen molar-refractivity contribution in [2.45, 2.75) is 26.3 Å². The largest absolute Gasteiger partial charge is 0.478 e. The van der Waals surface area contributed by atoms with Gasteiger partial charge in [-0.05, 0) is 38.8 Å². The third kappa shape index (κ3) is 5.15. The van der Waals surface area contributed by atoms with Crippen molar-refractivity contribution in [3.05, 3.63) is 34.0 Å². The van der Waals surface area contributed by atoms with E-state index in [4.69, 9.17) is 5.11 Å². The number of rotatable bonds is 6. The molecule has 0 saturated heterocycles. The zero-order valence-electron chi connectivity index (χ0n) is 10.5. The molecule has 1 atom stereocenters. The molecule has 0 amide bonds. The monoisotopic (exact) mass is 253 g/mol. The highest BCUT2D eigenvalue weighted by molar-refractivity contribution is 7.09. The van der Waals surface area contributed by atoms with Crippen LogP contribution in [0.5, 0.6) is 0 Å². The van der Waals surface area contributed by atoms with Crippen LogP contribution in [-0.2, 0) is 11.2 Å². The van der Waals surface area contributed by atoms with Gasteiger partial charge in [-0.15, -0.1) is 11.3 Å². The Hall–Kier alpha value is -1.13. The zero-order valence-corrected chi connectivity index (χ0v) is 11.3. The summed E-state index contributed by atoms with van der Waals surface area (Å²) in [7, 11) is 2.03. The summed E-state index contributed by atoms with van der Waals surface area (Å²) in [4.78, 5) is 14.1. The third-order valence-electron chi connectivity index (χ3n) is 2.70. The van der Waals surface area contributed by atoms with E-state index >= 15 is 0 Å². The number of thiophene rings is 1. The van der Waals surface area contributed by atoms with Crippen LogP contribution in [0, 0.1) is 0 Å². The van der Waals surface area contributed by atoms with Crippen molar-refractivity contribution in [3.63, 3.8) is 0 Å². The first-order chi connectivity index (χ1) is 7.99. The molecule has 0 aliphatic carbocycles. The molecule has 0 fully saturated rings. The predicted molar refractivity (Wildman–Crippen MR) is 71.5 cm³/mol. The van der Waals surface area contributed by atoms with Crippen LogP contribution in [0.25, 0.3) is 0 Å². The molecule has 0 aromatic carbocycles. The summed E-state index contributed by atoms with van der Waals surface area (Å²) in [5.74, 6) is -0.873. The van der Waals surface area contributed by atoms with Gasteiger partial charge in [0.25, 0.3) is 0 Å². The minimum absolute atomic E-state index is 0.408. The number of hydrogen-bond donors (Lipinski definition) is 1. The Balaban J connectivity index is 2.47. The molecule has 1 unspecified atom stereocenters. The molecule has 1 N–H and O–H groups in total. The molecule has 1 heterocycles. The van der Waals surface area contributed by atoms with E-state index in [0.29, 0.717) is 12.6 Å². The molecule has 0 radical (unpaired) electrons. The fourth-order valence-corrected chi connectivity index (χ4v) is 2.51. The second-order valence-corrected chi connectivity index (χ2v) is 5.41. The molecule has 0 saturated carbocycles. The van der Waals surface area contributed by atoms with Crippen LogP contribution < -0.4 is 0 Å². The van der Waals surface area contributed by atoms with Gasteiger partial charge >= 0.3 is 5.97 Å². The molecular formula is C13H19NO2S. The van der Waals surface area contributed by atoms with Crippen LogP contribution in [0.2, 0.25) is 0 Å². The Kier molecular flexibility index (Phi) is 5.38. The van der Waals surface area contributed by atoms with E-state index < -0.39 is 5.97 Å². The molecule has 3 nitrogen and oxygen atoms in total. The molecule has 94 valence electrons. The van der Waals surface area contributed by atoms with Crippen molar-refractivity contribution in [1.82, 2.24) is 4.90 Å². The Labute approximate surface area is 106 Å². The molecule has 1 aromatic heterocycles. The molecule has 0 aliphatic heterocycles. The second kappa shape index (κ2) is 6.57. The average molecular weight is 253 g/mol. The molecular weight excluding hydrogens is 234 g/mol. The standard InChI is InChI=1S/C13H19NO2S/c1-10(7-13(15)16)9-14(3)11(2)8-12-5-4-6-17-12/h4-7,11H,8-9H2,1-3H3,(H,15,16). The third-order valence-corrected chi connectivity index (χ3v) is 3.60. The van der Waals surface area contributed by atoms with Crippen LogP contribution in [0.3, 0.4) is 0 Å². The highest BCUT2D eigenvalue weighted by Gasteiger charge is 2.11. The highest BCUT2D eigenvalue weighted by Crippen LogP contribution is 2.14. The van der Waals surface area contributed by atoms with Gasteiger partial charge < -0.3 is 5.11 Å². The van der Waals surface area contributed by atoms with E-state index in [1.165, 1.54) is 11.0 Å². The van der Waals surface area contributed by atoms with Gasteiger partial charge in [0, 0.05) is 23.5 Å². The molecule has 1 rings (SSSR count). The Morgan fingerprint density at radius 1 is 1.65 bits per heavy atom. The van der Waals surface area contributed by atoms with Gasteiger partial charge in [-0.1, -0.05) is 11.6 Å². The number of carboxylic acids is 1.